The lowest BCUT2D eigenvalue weighted by molar-refractivity contribution is -0.870. The van der Waals surface area contributed by atoms with Crippen LogP contribution in [0.15, 0.2) is 24.3 Å². The second-order valence-corrected chi connectivity index (χ2v) is 16.8. The number of ether oxygens (including phenoxy) is 1. The van der Waals surface area contributed by atoms with Crippen LogP contribution in [0, 0.1) is 58.2 Å². The molecule has 3 heteroatoms. The highest BCUT2D eigenvalue weighted by molar-refractivity contribution is 5.69. The summed E-state index contributed by atoms with van der Waals surface area (Å²) >= 11 is 0. The fourth-order valence-electron chi connectivity index (χ4n) is 10.5. The molecule has 0 aromatic carbocycles. The molecule has 3 saturated carbocycles. The standard InChI is InChI=1S/C38H66NO2/c1-10-29(27(3)4)14-15-30(11-2)33-18-19-34-32-17-16-31-25-28(26-41-36(40)13-12-24-39(7,8)9)20-22-37(31,5)35(32)21-23-38(33,34)6/h11,16,27-30,32-35H,2,10,12-15,17-26H2,1,3-9H3/q+1/t28-,29+,30+,32-,33+,34-,35-,37-,38+/m0/s1. The van der Waals surface area contributed by atoms with Crippen LogP contribution in [0.2, 0.25) is 0 Å². The van der Waals surface area contributed by atoms with Crippen molar-refractivity contribution in [2.45, 2.75) is 118 Å². The maximum atomic E-state index is 12.4. The zero-order valence-electron chi connectivity index (χ0n) is 28.4. The van der Waals surface area contributed by atoms with Gasteiger partial charge in [0, 0.05) is 6.42 Å². The van der Waals surface area contributed by atoms with Crippen LogP contribution >= 0.6 is 0 Å². The van der Waals surface area contributed by atoms with E-state index >= 15 is 0 Å². The predicted molar refractivity (Wildman–Crippen MR) is 173 cm³/mol. The van der Waals surface area contributed by atoms with E-state index in [-0.39, 0.29) is 5.97 Å². The van der Waals surface area contributed by atoms with Crippen LogP contribution in [-0.2, 0) is 9.53 Å². The molecule has 0 aliphatic heterocycles. The van der Waals surface area contributed by atoms with E-state index < -0.39 is 0 Å². The summed E-state index contributed by atoms with van der Waals surface area (Å²) in [4.78, 5) is 12.4. The first-order chi connectivity index (χ1) is 19.3. The van der Waals surface area contributed by atoms with Crippen molar-refractivity contribution in [2.75, 3.05) is 34.3 Å². The number of carbonyl (C=O) groups excluding carboxylic acids is 1. The number of allylic oxidation sites excluding steroid dienone is 3. The monoisotopic (exact) mass is 569 g/mol. The second-order valence-electron chi connectivity index (χ2n) is 16.8. The Balaban J connectivity index is 1.36. The summed E-state index contributed by atoms with van der Waals surface area (Å²) in [5, 5.41) is 0. The van der Waals surface area contributed by atoms with Crippen molar-refractivity contribution >= 4 is 5.97 Å². The first kappa shape index (κ1) is 32.8. The number of carbonyl (C=O) groups is 1. The normalized spacial score (nSPS) is 36.5. The number of fused-ring (bicyclic) bond motifs is 5. The first-order valence-electron chi connectivity index (χ1n) is 17.6. The maximum Gasteiger partial charge on any atom is 0.306 e. The summed E-state index contributed by atoms with van der Waals surface area (Å²) in [6.07, 6.45) is 21.1. The van der Waals surface area contributed by atoms with Gasteiger partial charge in [-0.2, -0.15) is 0 Å². The molecule has 0 aromatic heterocycles. The molecular weight excluding hydrogens is 502 g/mol. The topological polar surface area (TPSA) is 26.3 Å². The Morgan fingerprint density at radius 3 is 2.51 bits per heavy atom. The zero-order valence-corrected chi connectivity index (χ0v) is 28.4. The van der Waals surface area contributed by atoms with Crippen molar-refractivity contribution in [3.8, 4) is 0 Å². The molecule has 0 saturated heterocycles. The highest BCUT2D eigenvalue weighted by Crippen LogP contribution is 2.67. The third-order valence-electron chi connectivity index (χ3n) is 13.1. The van der Waals surface area contributed by atoms with Gasteiger partial charge in [-0.15, -0.1) is 6.58 Å². The number of esters is 1. The van der Waals surface area contributed by atoms with Crippen LogP contribution in [0.1, 0.15) is 118 Å². The van der Waals surface area contributed by atoms with E-state index in [0.717, 1.165) is 59.4 Å². The Kier molecular flexibility index (Phi) is 10.6. The molecule has 0 bridgehead atoms. The number of rotatable bonds is 13. The number of hydrogen-bond acceptors (Lipinski definition) is 2. The van der Waals surface area contributed by atoms with Crippen molar-refractivity contribution in [3.63, 3.8) is 0 Å². The number of nitrogens with zero attached hydrogens (tertiary/aromatic N) is 1. The Labute approximate surface area is 254 Å². The minimum Gasteiger partial charge on any atom is -0.465 e. The molecule has 4 aliphatic rings. The Morgan fingerprint density at radius 2 is 1.85 bits per heavy atom. The van der Waals surface area contributed by atoms with Crippen LogP contribution < -0.4 is 0 Å². The molecule has 41 heavy (non-hydrogen) atoms. The van der Waals surface area contributed by atoms with Gasteiger partial charge in [0.2, 0.25) is 0 Å². The van der Waals surface area contributed by atoms with Crippen LogP contribution in [0.25, 0.3) is 0 Å². The van der Waals surface area contributed by atoms with Gasteiger partial charge in [-0.25, -0.2) is 0 Å². The van der Waals surface area contributed by atoms with Gasteiger partial charge < -0.3 is 9.22 Å². The highest BCUT2D eigenvalue weighted by atomic mass is 16.5. The fraction of sp³-hybridized carbons (Fsp3) is 0.868. The van der Waals surface area contributed by atoms with Crippen LogP contribution in [0.4, 0.5) is 0 Å². The van der Waals surface area contributed by atoms with Gasteiger partial charge in [0.15, 0.2) is 0 Å². The maximum absolute atomic E-state index is 12.4. The van der Waals surface area contributed by atoms with E-state index in [2.05, 4.69) is 74.5 Å². The fourth-order valence-corrected chi connectivity index (χ4v) is 10.5. The van der Waals surface area contributed by atoms with E-state index in [0.29, 0.717) is 35.7 Å². The number of quaternary nitrogens is 1. The molecule has 0 radical (unpaired) electrons. The van der Waals surface area contributed by atoms with Crippen molar-refractivity contribution in [2.24, 2.45) is 58.2 Å². The zero-order chi connectivity index (χ0) is 30.0. The lowest BCUT2D eigenvalue weighted by Crippen LogP contribution is -2.50. The molecule has 0 heterocycles. The van der Waals surface area contributed by atoms with E-state index in [1.165, 1.54) is 64.2 Å². The van der Waals surface area contributed by atoms with Crippen molar-refractivity contribution < 1.29 is 14.0 Å². The van der Waals surface area contributed by atoms with Gasteiger partial charge in [-0.05, 0) is 122 Å². The minimum atomic E-state index is -0.000856. The molecule has 4 rings (SSSR count). The van der Waals surface area contributed by atoms with E-state index in [4.69, 9.17) is 4.74 Å². The van der Waals surface area contributed by atoms with Gasteiger partial charge in [0.05, 0.1) is 40.7 Å². The summed E-state index contributed by atoms with van der Waals surface area (Å²) in [6, 6.07) is 0. The third kappa shape index (κ3) is 7.18. The number of hydrogen-bond donors (Lipinski definition) is 0. The van der Waals surface area contributed by atoms with Crippen LogP contribution in [-0.4, -0.2) is 44.7 Å². The van der Waals surface area contributed by atoms with E-state index in [1.807, 2.05) is 0 Å². The molecule has 0 N–H and O–H groups in total. The van der Waals surface area contributed by atoms with Gasteiger partial charge in [0.25, 0.3) is 0 Å². The van der Waals surface area contributed by atoms with E-state index in [9.17, 15) is 4.79 Å². The molecule has 234 valence electrons. The second kappa shape index (κ2) is 13.3. The van der Waals surface area contributed by atoms with Gasteiger partial charge >= 0.3 is 5.97 Å². The average molecular weight is 569 g/mol. The molecule has 0 amide bonds. The quantitative estimate of drug-likeness (QED) is 0.126. The smallest absolute Gasteiger partial charge is 0.306 e. The lowest BCUT2D eigenvalue weighted by Gasteiger charge is -2.58. The summed E-state index contributed by atoms with van der Waals surface area (Å²) in [7, 11) is 6.54. The molecule has 9 atom stereocenters. The van der Waals surface area contributed by atoms with Crippen LogP contribution in [0.5, 0.6) is 0 Å². The average Bonchev–Trinajstić information content (AvgIpc) is 3.26. The summed E-state index contributed by atoms with van der Waals surface area (Å²) in [6.45, 7) is 18.5. The molecule has 0 spiro atoms. The summed E-state index contributed by atoms with van der Waals surface area (Å²) in [5.41, 5.74) is 2.55. The largest absolute Gasteiger partial charge is 0.465 e. The molecule has 0 unspecified atom stereocenters. The molecular formula is C38H66NO2+. The Bertz CT molecular complexity index is 929. The third-order valence-corrected chi connectivity index (χ3v) is 13.1. The summed E-state index contributed by atoms with van der Waals surface area (Å²) < 4.78 is 6.70. The van der Waals surface area contributed by atoms with Crippen molar-refractivity contribution in [1.82, 2.24) is 0 Å². The van der Waals surface area contributed by atoms with Crippen molar-refractivity contribution in [3.05, 3.63) is 24.3 Å². The molecule has 0 aromatic rings. The first-order valence-corrected chi connectivity index (χ1v) is 17.6. The van der Waals surface area contributed by atoms with Crippen LogP contribution in [0.3, 0.4) is 0 Å². The van der Waals surface area contributed by atoms with Crippen molar-refractivity contribution in [1.29, 1.82) is 0 Å². The highest BCUT2D eigenvalue weighted by Gasteiger charge is 2.59. The van der Waals surface area contributed by atoms with Gasteiger partial charge in [0.1, 0.15) is 0 Å². The molecule has 3 fully saturated rings. The Morgan fingerprint density at radius 1 is 1.10 bits per heavy atom. The SMILES string of the molecule is C=C[C@H](CC[C@@H](CC)C(C)C)[C@H]1CC[C@H]2[C@@H]3CC=C4C[C@@H](COC(=O)CCC[N+](C)(C)C)CC[C@]4(C)[C@H]3CC[C@]12C. The Hall–Kier alpha value is -1.09. The lowest BCUT2D eigenvalue weighted by atomic mass is 9.46. The predicted octanol–water partition coefficient (Wildman–Crippen LogP) is 9.48. The minimum absolute atomic E-state index is 0.000856. The molecule has 3 nitrogen and oxygen atoms in total. The summed E-state index contributed by atoms with van der Waals surface area (Å²) in [5.74, 6) is 6.22. The van der Waals surface area contributed by atoms with E-state index in [1.54, 1.807) is 5.57 Å². The van der Waals surface area contributed by atoms with Gasteiger partial charge in [-0.3, -0.25) is 4.79 Å². The van der Waals surface area contributed by atoms with Gasteiger partial charge in [-0.1, -0.05) is 58.8 Å². The molecule has 4 aliphatic carbocycles.